The number of hydrogen-bond acceptors (Lipinski definition) is 1. The molecule has 2 heteroatoms. The quantitative estimate of drug-likeness (QED) is 0.611. The van der Waals surface area contributed by atoms with E-state index >= 15 is 0 Å². The lowest BCUT2D eigenvalue weighted by atomic mass is 10.2. The van der Waals surface area contributed by atoms with E-state index in [2.05, 4.69) is 42.2 Å². The first-order chi connectivity index (χ1) is 9.40. The van der Waals surface area contributed by atoms with E-state index in [-0.39, 0.29) is 0 Å². The van der Waals surface area contributed by atoms with Gasteiger partial charge in [0.05, 0.1) is 0 Å². The Bertz CT molecular complexity index is 664. The van der Waals surface area contributed by atoms with Crippen molar-refractivity contribution in [1.29, 1.82) is 5.26 Å². The van der Waals surface area contributed by atoms with Crippen LogP contribution in [0, 0.1) is 11.1 Å². The third-order valence-electron chi connectivity index (χ3n) is 3.12. The predicted octanol–water partition coefficient (Wildman–Crippen LogP) is 5.34. The number of nitrogens with zero attached hydrogens (tertiary/aromatic N) is 1. The van der Waals surface area contributed by atoms with E-state index in [0.29, 0.717) is 0 Å². The van der Waals surface area contributed by atoms with Gasteiger partial charge in [-0.3, -0.25) is 0 Å². The fraction of sp³-hybridized carbons (Fsp3) is 0. The fourth-order valence-electron chi connectivity index (χ4n) is 2.21. The Kier molecular flexibility index (Phi) is 3.19. The molecular formula is C17H12NP. The number of benzene rings is 2. The Hall–Kier alpha value is -2.29. The van der Waals surface area contributed by atoms with Crippen molar-refractivity contribution in [2.45, 2.75) is 0 Å². The molecule has 1 aromatic heterocycles. The molecule has 0 saturated carbocycles. The summed E-state index contributed by atoms with van der Waals surface area (Å²) in [6, 6.07) is 24.5. The van der Waals surface area contributed by atoms with E-state index in [0.717, 1.165) is 21.7 Å². The summed E-state index contributed by atoms with van der Waals surface area (Å²) >= 11 is 0. The Morgan fingerprint density at radius 1 is 0.632 bits per heavy atom. The summed E-state index contributed by atoms with van der Waals surface area (Å²) in [6.07, 6.45) is 0. The van der Waals surface area contributed by atoms with Crippen LogP contribution in [-0.2, 0) is 0 Å². The third kappa shape index (κ3) is 2.19. The van der Waals surface area contributed by atoms with Gasteiger partial charge in [0.15, 0.2) is 0 Å². The number of hydrogen-bond donors (Lipinski definition) is 0. The highest BCUT2D eigenvalue weighted by molar-refractivity contribution is 7.61. The average Bonchev–Trinajstić information content (AvgIpc) is 2.93. The van der Waals surface area contributed by atoms with Gasteiger partial charge in [0.25, 0.3) is 0 Å². The molecule has 1 nitrogen and oxygen atoms in total. The van der Waals surface area contributed by atoms with Gasteiger partial charge in [-0.2, -0.15) is 5.26 Å². The Labute approximate surface area is 113 Å². The first-order valence-corrected chi connectivity index (χ1v) is 7.47. The van der Waals surface area contributed by atoms with E-state index in [1.54, 1.807) is 0 Å². The van der Waals surface area contributed by atoms with Crippen molar-refractivity contribution in [2.75, 3.05) is 0 Å². The molecular weight excluding hydrogens is 249 g/mol. The molecule has 3 aromatic rings. The lowest BCUT2D eigenvalue weighted by Crippen LogP contribution is -1.71. The Morgan fingerprint density at radius 2 is 1.05 bits per heavy atom. The number of nitriles is 1. The van der Waals surface area contributed by atoms with Crippen LogP contribution in [0.4, 0.5) is 0 Å². The summed E-state index contributed by atoms with van der Waals surface area (Å²) in [5.41, 5.74) is 2.30. The first kappa shape index (κ1) is 11.8. The van der Waals surface area contributed by atoms with Crippen molar-refractivity contribution in [1.82, 2.24) is 0 Å². The maximum atomic E-state index is 9.53. The van der Waals surface area contributed by atoms with Crippen molar-refractivity contribution in [3.8, 4) is 27.5 Å². The first-order valence-electron chi connectivity index (χ1n) is 6.13. The van der Waals surface area contributed by atoms with Gasteiger partial charge in [0.2, 0.25) is 0 Å². The van der Waals surface area contributed by atoms with E-state index < -0.39 is 7.53 Å². The molecule has 0 spiro atoms. The summed E-state index contributed by atoms with van der Waals surface area (Å²) in [7, 11) is -0.895. The summed E-state index contributed by atoms with van der Waals surface area (Å²) in [4.78, 5) is 0. The van der Waals surface area contributed by atoms with Crippen LogP contribution in [0.15, 0.2) is 72.8 Å². The van der Waals surface area contributed by atoms with Crippen LogP contribution >= 0.6 is 7.53 Å². The van der Waals surface area contributed by atoms with E-state index in [9.17, 15) is 5.26 Å². The molecule has 19 heavy (non-hydrogen) atoms. The standard InChI is InChI=1S/C17H12NP/c18-13-19-16(14-7-3-1-4-8-14)11-12-17(19)15-9-5-2-6-10-15/h1-12H. The van der Waals surface area contributed by atoms with Gasteiger partial charge in [-0.25, -0.2) is 0 Å². The van der Waals surface area contributed by atoms with Gasteiger partial charge in [-0.15, -0.1) is 0 Å². The summed E-state index contributed by atoms with van der Waals surface area (Å²) in [6.45, 7) is 0. The molecule has 0 N–H and O–H groups in total. The van der Waals surface area contributed by atoms with Crippen LogP contribution in [0.25, 0.3) is 21.7 Å². The molecule has 0 amide bonds. The summed E-state index contributed by atoms with van der Waals surface area (Å²) in [5.74, 6) is 2.49. The Morgan fingerprint density at radius 3 is 1.42 bits per heavy atom. The zero-order chi connectivity index (χ0) is 13.1. The summed E-state index contributed by atoms with van der Waals surface area (Å²) < 4.78 is 0. The van der Waals surface area contributed by atoms with Crippen molar-refractivity contribution in [2.24, 2.45) is 0 Å². The second-order valence-corrected chi connectivity index (χ2v) is 6.11. The topological polar surface area (TPSA) is 23.8 Å². The zero-order valence-corrected chi connectivity index (χ0v) is 11.2. The molecule has 1 heterocycles. The molecule has 0 fully saturated rings. The molecule has 3 rings (SSSR count). The van der Waals surface area contributed by atoms with Gasteiger partial charge in [-0.05, 0) is 30.8 Å². The van der Waals surface area contributed by atoms with Crippen LogP contribution in [0.1, 0.15) is 0 Å². The van der Waals surface area contributed by atoms with Crippen molar-refractivity contribution >= 4 is 7.53 Å². The molecule has 0 atom stereocenters. The van der Waals surface area contributed by atoms with Gasteiger partial charge < -0.3 is 0 Å². The van der Waals surface area contributed by atoms with Gasteiger partial charge in [0, 0.05) is 10.6 Å². The van der Waals surface area contributed by atoms with E-state index in [1.165, 1.54) is 0 Å². The summed E-state index contributed by atoms with van der Waals surface area (Å²) in [5, 5.41) is 11.8. The monoisotopic (exact) mass is 261 g/mol. The van der Waals surface area contributed by atoms with Crippen LogP contribution < -0.4 is 0 Å². The fourth-order valence-corrected chi connectivity index (χ4v) is 3.95. The maximum Gasteiger partial charge on any atom is 0.118 e. The van der Waals surface area contributed by atoms with E-state index in [4.69, 9.17) is 0 Å². The van der Waals surface area contributed by atoms with Gasteiger partial charge >= 0.3 is 0 Å². The lowest BCUT2D eigenvalue weighted by Gasteiger charge is -2.02. The number of rotatable bonds is 2. The maximum absolute atomic E-state index is 9.53. The van der Waals surface area contributed by atoms with E-state index in [1.807, 2.05) is 36.4 Å². The molecule has 2 aromatic carbocycles. The SMILES string of the molecule is N#Cp1c(-c2ccccc2)ccc1-c1ccccc1. The zero-order valence-electron chi connectivity index (χ0n) is 10.3. The molecule has 0 unspecified atom stereocenters. The minimum atomic E-state index is -0.895. The van der Waals surface area contributed by atoms with Gasteiger partial charge in [0.1, 0.15) is 5.81 Å². The highest BCUT2D eigenvalue weighted by atomic mass is 31.1. The molecule has 0 aliphatic heterocycles. The van der Waals surface area contributed by atoms with Gasteiger partial charge in [-0.1, -0.05) is 60.7 Å². The second-order valence-electron chi connectivity index (χ2n) is 4.27. The molecule has 0 saturated heterocycles. The smallest absolute Gasteiger partial charge is 0.118 e. The molecule has 90 valence electrons. The predicted molar refractivity (Wildman–Crippen MR) is 81.0 cm³/mol. The molecule has 0 bridgehead atoms. The van der Waals surface area contributed by atoms with Crippen molar-refractivity contribution in [3.05, 3.63) is 72.8 Å². The average molecular weight is 261 g/mol. The van der Waals surface area contributed by atoms with Crippen LogP contribution in [-0.4, -0.2) is 0 Å². The molecule has 0 radical (unpaired) electrons. The second kappa shape index (κ2) is 5.14. The highest BCUT2D eigenvalue weighted by Crippen LogP contribution is 2.49. The van der Waals surface area contributed by atoms with Crippen LogP contribution in [0.2, 0.25) is 0 Å². The van der Waals surface area contributed by atoms with Crippen molar-refractivity contribution < 1.29 is 0 Å². The minimum absolute atomic E-state index is 0.895. The normalized spacial score (nSPS) is 10.1. The van der Waals surface area contributed by atoms with Crippen LogP contribution in [0.3, 0.4) is 0 Å². The van der Waals surface area contributed by atoms with Crippen LogP contribution in [0.5, 0.6) is 0 Å². The molecule has 0 aliphatic carbocycles. The Balaban J connectivity index is 2.16. The minimum Gasteiger partial charge on any atom is -0.188 e. The largest absolute Gasteiger partial charge is 0.188 e. The molecule has 0 aliphatic rings. The van der Waals surface area contributed by atoms with Crippen molar-refractivity contribution in [3.63, 3.8) is 0 Å². The third-order valence-corrected chi connectivity index (χ3v) is 5.10. The lowest BCUT2D eigenvalue weighted by molar-refractivity contribution is 1.57. The highest BCUT2D eigenvalue weighted by Gasteiger charge is 2.12.